The van der Waals surface area contributed by atoms with Gasteiger partial charge in [-0.2, -0.15) is 0 Å². The van der Waals surface area contributed by atoms with Crippen molar-refractivity contribution in [2.75, 3.05) is 17.6 Å². The molecule has 10 heteroatoms. The van der Waals surface area contributed by atoms with Gasteiger partial charge < -0.3 is 14.8 Å². The Morgan fingerprint density at radius 3 is 2.52 bits per heavy atom. The molecular formula is C23H23Cl2N5O2S. The Hall–Kier alpha value is -2.55. The van der Waals surface area contributed by atoms with Gasteiger partial charge in [-0.15, -0.1) is 10.2 Å². The van der Waals surface area contributed by atoms with Gasteiger partial charge >= 0.3 is 0 Å². The fraction of sp³-hybridized carbons (Fsp3) is 0.304. The zero-order valence-electron chi connectivity index (χ0n) is 18.2. The topological polar surface area (TPSA) is 80.1 Å². The summed E-state index contributed by atoms with van der Waals surface area (Å²) in [7, 11) is 1.86. The van der Waals surface area contributed by atoms with E-state index in [0.29, 0.717) is 33.0 Å². The number of hydrogen-bond acceptors (Lipinski definition) is 5. The van der Waals surface area contributed by atoms with E-state index >= 15 is 0 Å². The molecule has 7 nitrogen and oxygen atoms in total. The van der Waals surface area contributed by atoms with Crippen molar-refractivity contribution in [2.24, 2.45) is 7.05 Å². The van der Waals surface area contributed by atoms with Crippen molar-refractivity contribution in [3.8, 4) is 0 Å². The number of aryl methyl sites for hydroxylation is 1. The minimum Gasteiger partial charge on any atom is -0.328 e. The van der Waals surface area contributed by atoms with Crippen LogP contribution in [0, 0.1) is 6.92 Å². The van der Waals surface area contributed by atoms with Gasteiger partial charge in [0.1, 0.15) is 0 Å². The first-order chi connectivity index (χ1) is 15.8. The van der Waals surface area contributed by atoms with Gasteiger partial charge in [0.25, 0.3) is 5.91 Å². The van der Waals surface area contributed by atoms with Crippen molar-refractivity contribution < 1.29 is 9.59 Å². The van der Waals surface area contributed by atoms with Crippen molar-refractivity contribution >= 4 is 52.5 Å². The van der Waals surface area contributed by atoms with Crippen molar-refractivity contribution in [1.82, 2.24) is 19.7 Å². The Bertz CT molecular complexity index is 1160. The van der Waals surface area contributed by atoms with Crippen LogP contribution in [0.25, 0.3) is 0 Å². The predicted octanol–water partition coefficient (Wildman–Crippen LogP) is 5.14. The molecular weight excluding hydrogens is 481 g/mol. The monoisotopic (exact) mass is 503 g/mol. The van der Waals surface area contributed by atoms with Crippen LogP contribution in [0.1, 0.15) is 40.6 Å². The van der Waals surface area contributed by atoms with Gasteiger partial charge in [0.05, 0.1) is 11.8 Å². The summed E-state index contributed by atoms with van der Waals surface area (Å²) in [5, 5.41) is 12.9. The molecule has 2 heterocycles. The molecule has 3 aromatic rings. The highest BCUT2D eigenvalue weighted by Crippen LogP contribution is 2.33. The lowest BCUT2D eigenvalue weighted by molar-refractivity contribution is -0.113. The second kappa shape index (κ2) is 10.2. The third-order valence-electron chi connectivity index (χ3n) is 5.46. The molecule has 1 unspecified atom stereocenters. The maximum Gasteiger partial charge on any atom is 0.254 e. The Balaban J connectivity index is 1.42. The van der Waals surface area contributed by atoms with Gasteiger partial charge in [0.15, 0.2) is 11.0 Å². The zero-order chi connectivity index (χ0) is 23.5. The number of nitrogens with zero attached hydrogens (tertiary/aromatic N) is 4. The first-order valence-corrected chi connectivity index (χ1v) is 12.2. The van der Waals surface area contributed by atoms with Gasteiger partial charge in [-0.25, -0.2) is 0 Å². The average molecular weight is 504 g/mol. The number of amides is 2. The summed E-state index contributed by atoms with van der Waals surface area (Å²) in [5.74, 6) is 0.652. The van der Waals surface area contributed by atoms with Crippen LogP contribution >= 0.6 is 35.0 Å². The molecule has 1 saturated heterocycles. The molecule has 1 aliphatic rings. The molecule has 4 rings (SSSR count). The number of thioether (sulfide) groups is 1. The van der Waals surface area contributed by atoms with Crippen molar-refractivity contribution in [3.05, 3.63) is 69.5 Å². The Kier molecular flexibility index (Phi) is 7.26. The van der Waals surface area contributed by atoms with Gasteiger partial charge in [-0.3, -0.25) is 9.59 Å². The van der Waals surface area contributed by atoms with Crippen LogP contribution in [0.5, 0.6) is 0 Å². The van der Waals surface area contributed by atoms with E-state index < -0.39 is 0 Å². The molecule has 1 aliphatic heterocycles. The van der Waals surface area contributed by atoms with E-state index in [1.165, 1.54) is 11.8 Å². The van der Waals surface area contributed by atoms with Gasteiger partial charge in [0.2, 0.25) is 5.91 Å². The van der Waals surface area contributed by atoms with Gasteiger partial charge in [-0.1, -0.05) is 52.7 Å². The molecule has 1 N–H and O–H groups in total. The van der Waals surface area contributed by atoms with Crippen LogP contribution < -0.4 is 5.32 Å². The largest absolute Gasteiger partial charge is 0.328 e. The van der Waals surface area contributed by atoms with E-state index in [2.05, 4.69) is 15.5 Å². The first kappa shape index (κ1) is 23.6. The molecule has 0 spiro atoms. The second-order valence-corrected chi connectivity index (χ2v) is 9.73. The third-order valence-corrected chi connectivity index (χ3v) is 6.91. The van der Waals surface area contributed by atoms with Crippen LogP contribution in [0.2, 0.25) is 10.0 Å². The molecule has 2 aromatic carbocycles. The SMILES string of the molecule is Cc1ccc(C(=O)N2CCCC2c2nnc(SCC(=O)Nc3cc(Cl)cc(Cl)c3)n2C)cc1. The third kappa shape index (κ3) is 5.51. The number of aromatic nitrogens is 3. The highest BCUT2D eigenvalue weighted by atomic mass is 35.5. The maximum atomic E-state index is 13.1. The number of carbonyl (C=O) groups excluding carboxylic acids is 2. The van der Waals surface area contributed by atoms with Crippen LogP contribution in [0.4, 0.5) is 5.69 Å². The zero-order valence-corrected chi connectivity index (χ0v) is 20.5. The normalized spacial score (nSPS) is 15.6. The predicted molar refractivity (Wildman–Crippen MR) is 131 cm³/mol. The van der Waals surface area contributed by atoms with Crippen LogP contribution in [-0.4, -0.2) is 43.8 Å². The summed E-state index contributed by atoms with van der Waals surface area (Å²) in [6.45, 7) is 2.67. The van der Waals surface area contributed by atoms with Crippen molar-refractivity contribution in [1.29, 1.82) is 0 Å². The number of anilines is 1. The van der Waals surface area contributed by atoms with Crippen LogP contribution in [0.3, 0.4) is 0 Å². The first-order valence-electron chi connectivity index (χ1n) is 10.5. The molecule has 0 bridgehead atoms. The summed E-state index contributed by atoms with van der Waals surface area (Å²) in [6.07, 6.45) is 1.73. The minimum absolute atomic E-state index is 0.00531. The van der Waals surface area contributed by atoms with Crippen LogP contribution in [-0.2, 0) is 11.8 Å². The standard InChI is InChI=1S/C23H23Cl2N5O2S/c1-14-5-7-15(8-6-14)22(32)30-9-3-4-19(30)21-27-28-23(29(21)2)33-13-20(31)26-18-11-16(24)10-17(25)12-18/h5-8,10-12,19H,3-4,9,13H2,1-2H3,(H,26,31). The van der Waals surface area contributed by atoms with E-state index in [4.69, 9.17) is 23.2 Å². The Morgan fingerprint density at radius 2 is 1.82 bits per heavy atom. The molecule has 2 amide bonds. The summed E-state index contributed by atoms with van der Waals surface area (Å²) >= 11 is 13.2. The molecule has 0 saturated carbocycles. The molecule has 33 heavy (non-hydrogen) atoms. The van der Waals surface area contributed by atoms with E-state index in [-0.39, 0.29) is 23.6 Å². The quantitative estimate of drug-likeness (QED) is 0.471. The number of carbonyl (C=O) groups is 2. The number of hydrogen-bond donors (Lipinski definition) is 1. The lowest BCUT2D eigenvalue weighted by atomic mass is 10.1. The number of benzene rings is 2. The lowest BCUT2D eigenvalue weighted by Gasteiger charge is -2.24. The van der Waals surface area contributed by atoms with E-state index in [0.717, 1.165) is 24.2 Å². The maximum absolute atomic E-state index is 13.1. The fourth-order valence-corrected chi connectivity index (χ4v) is 5.08. The molecule has 0 aliphatic carbocycles. The second-order valence-electron chi connectivity index (χ2n) is 7.92. The molecule has 1 atom stereocenters. The summed E-state index contributed by atoms with van der Waals surface area (Å²) < 4.78 is 1.86. The average Bonchev–Trinajstić information content (AvgIpc) is 3.38. The molecule has 172 valence electrons. The molecule has 1 fully saturated rings. The number of likely N-dealkylation sites (tertiary alicyclic amines) is 1. The number of rotatable bonds is 6. The fourth-order valence-electron chi connectivity index (χ4n) is 3.84. The van der Waals surface area contributed by atoms with Crippen molar-refractivity contribution in [3.63, 3.8) is 0 Å². The van der Waals surface area contributed by atoms with E-state index in [1.807, 2.05) is 47.7 Å². The summed E-state index contributed by atoms with van der Waals surface area (Å²) in [6, 6.07) is 12.3. The Labute approximate surface area is 206 Å². The Morgan fingerprint density at radius 1 is 1.12 bits per heavy atom. The van der Waals surface area contributed by atoms with Gasteiger partial charge in [0, 0.05) is 34.9 Å². The van der Waals surface area contributed by atoms with Gasteiger partial charge in [-0.05, 0) is 50.1 Å². The smallest absolute Gasteiger partial charge is 0.254 e. The van der Waals surface area contributed by atoms with Crippen LogP contribution in [0.15, 0.2) is 47.6 Å². The number of nitrogens with one attached hydrogen (secondary N) is 1. The van der Waals surface area contributed by atoms with E-state index in [9.17, 15) is 9.59 Å². The van der Waals surface area contributed by atoms with Crippen molar-refractivity contribution in [2.45, 2.75) is 31.0 Å². The van der Waals surface area contributed by atoms with E-state index in [1.54, 1.807) is 18.2 Å². The number of halogens is 2. The lowest BCUT2D eigenvalue weighted by Crippen LogP contribution is -2.31. The summed E-state index contributed by atoms with van der Waals surface area (Å²) in [5.41, 5.74) is 2.32. The molecule has 0 radical (unpaired) electrons. The summed E-state index contributed by atoms with van der Waals surface area (Å²) in [4.78, 5) is 27.3. The molecule has 1 aromatic heterocycles. The minimum atomic E-state index is -0.208. The highest BCUT2D eigenvalue weighted by Gasteiger charge is 2.34. The highest BCUT2D eigenvalue weighted by molar-refractivity contribution is 7.99.